The second-order valence-electron chi connectivity index (χ2n) is 9.18. The highest BCUT2D eigenvalue weighted by molar-refractivity contribution is 14.0. The van der Waals surface area contributed by atoms with E-state index in [0.717, 1.165) is 69.1 Å². The van der Waals surface area contributed by atoms with Crippen LogP contribution in [0.1, 0.15) is 52.0 Å². The summed E-state index contributed by atoms with van der Waals surface area (Å²) in [6, 6.07) is 8.72. The molecule has 3 rings (SSSR count). The van der Waals surface area contributed by atoms with Crippen LogP contribution in [0.3, 0.4) is 0 Å². The minimum atomic E-state index is -0.0560. The lowest BCUT2D eigenvalue weighted by atomic mass is 9.74. The third-order valence-corrected chi connectivity index (χ3v) is 6.66. The van der Waals surface area contributed by atoms with Gasteiger partial charge in [0, 0.05) is 55.9 Å². The Labute approximate surface area is 210 Å². The second-order valence-corrected chi connectivity index (χ2v) is 9.59. The van der Waals surface area contributed by atoms with Crippen molar-refractivity contribution in [2.45, 2.75) is 57.9 Å². The van der Waals surface area contributed by atoms with Crippen LogP contribution in [0.5, 0.6) is 0 Å². The number of aliphatic imine (C=N–C) groups is 1. The van der Waals surface area contributed by atoms with E-state index in [1.807, 2.05) is 12.1 Å². The maximum atomic E-state index is 6.60. The predicted molar refractivity (Wildman–Crippen MR) is 142 cm³/mol. The first kappa shape index (κ1) is 26.7. The Morgan fingerprint density at radius 1 is 1.23 bits per heavy atom. The smallest absolute Gasteiger partial charge is 0.191 e. The molecule has 0 saturated carbocycles. The van der Waals surface area contributed by atoms with Gasteiger partial charge in [-0.25, -0.2) is 0 Å². The maximum Gasteiger partial charge on any atom is 0.191 e. The average Bonchev–Trinajstić information content (AvgIpc) is 2.74. The normalized spacial score (nSPS) is 20.4. The van der Waals surface area contributed by atoms with Crippen LogP contribution in [0.4, 0.5) is 0 Å². The topological polar surface area (TPSA) is 48.9 Å². The van der Waals surface area contributed by atoms with Gasteiger partial charge in [-0.2, -0.15) is 0 Å². The first-order chi connectivity index (χ1) is 14.5. The van der Waals surface area contributed by atoms with E-state index in [1.54, 1.807) is 0 Å². The molecule has 7 heteroatoms. The molecule has 2 saturated heterocycles. The highest BCUT2D eigenvalue weighted by Gasteiger charge is 2.36. The molecule has 0 amide bonds. The van der Waals surface area contributed by atoms with Crippen LogP contribution in [0.15, 0.2) is 29.3 Å². The number of ether oxygens (including phenoxy) is 1. The molecule has 0 radical (unpaired) electrons. The molecule has 2 aliphatic heterocycles. The van der Waals surface area contributed by atoms with E-state index in [-0.39, 0.29) is 29.4 Å². The number of hydrogen-bond acceptors (Lipinski definition) is 3. The van der Waals surface area contributed by atoms with Crippen molar-refractivity contribution in [2.75, 3.05) is 45.9 Å². The summed E-state index contributed by atoms with van der Waals surface area (Å²) in [4.78, 5) is 7.64. The summed E-state index contributed by atoms with van der Waals surface area (Å²) in [5.74, 6) is 1.66. The summed E-state index contributed by atoms with van der Waals surface area (Å²) in [5.41, 5.74) is 1.15. The van der Waals surface area contributed by atoms with E-state index in [9.17, 15) is 0 Å². The molecular weight excluding hydrogens is 523 g/mol. The van der Waals surface area contributed by atoms with Crippen LogP contribution < -0.4 is 10.6 Å². The van der Waals surface area contributed by atoms with E-state index in [0.29, 0.717) is 6.04 Å². The zero-order chi connectivity index (χ0) is 21.4. The molecule has 1 aromatic carbocycles. The minimum Gasteiger partial charge on any atom is -0.381 e. The quantitative estimate of drug-likeness (QED) is 0.288. The Morgan fingerprint density at radius 2 is 1.90 bits per heavy atom. The van der Waals surface area contributed by atoms with Crippen molar-refractivity contribution < 1.29 is 4.74 Å². The number of halogens is 2. The third kappa shape index (κ3) is 7.76. The van der Waals surface area contributed by atoms with E-state index in [1.165, 1.54) is 24.9 Å². The minimum absolute atomic E-state index is 0. The van der Waals surface area contributed by atoms with Crippen LogP contribution in [0, 0.1) is 5.92 Å². The van der Waals surface area contributed by atoms with Crippen molar-refractivity contribution in [1.29, 1.82) is 0 Å². The molecule has 2 aliphatic rings. The number of piperidine rings is 1. The summed E-state index contributed by atoms with van der Waals surface area (Å²) in [6.07, 6.45) is 4.24. The summed E-state index contributed by atoms with van der Waals surface area (Å²) in [7, 11) is 0. The van der Waals surface area contributed by atoms with Gasteiger partial charge in [-0.1, -0.05) is 43.6 Å². The van der Waals surface area contributed by atoms with E-state index >= 15 is 0 Å². The molecule has 1 aromatic rings. The Balaban J connectivity index is 0.00000341. The molecule has 5 nitrogen and oxygen atoms in total. The fourth-order valence-electron chi connectivity index (χ4n) is 4.69. The van der Waals surface area contributed by atoms with Gasteiger partial charge in [-0.15, -0.1) is 24.0 Å². The standard InChI is InChI=1S/C24H39ClN4O.HI/c1-4-26-23(28-20-9-13-29(14-10-20)17-19(2)3)27-18-24(11-15-30-16-12-24)21-7-5-6-8-22(21)25;/h5-8,19-20H,4,9-18H2,1-3H3,(H2,26,27,28);1H. The lowest BCUT2D eigenvalue weighted by Crippen LogP contribution is -2.49. The van der Waals surface area contributed by atoms with Crippen molar-refractivity contribution in [3.05, 3.63) is 34.9 Å². The van der Waals surface area contributed by atoms with E-state index in [2.05, 4.69) is 48.4 Å². The third-order valence-electron chi connectivity index (χ3n) is 6.33. The van der Waals surface area contributed by atoms with Gasteiger partial charge in [0.25, 0.3) is 0 Å². The molecule has 31 heavy (non-hydrogen) atoms. The van der Waals surface area contributed by atoms with Crippen molar-refractivity contribution in [3.63, 3.8) is 0 Å². The number of nitrogens with zero attached hydrogens (tertiary/aromatic N) is 2. The number of benzene rings is 1. The fourth-order valence-corrected chi connectivity index (χ4v) is 5.02. The molecule has 0 bridgehead atoms. The maximum absolute atomic E-state index is 6.60. The Morgan fingerprint density at radius 3 is 2.52 bits per heavy atom. The lowest BCUT2D eigenvalue weighted by Gasteiger charge is -2.37. The summed E-state index contributed by atoms with van der Waals surface area (Å²) >= 11 is 6.60. The number of nitrogens with one attached hydrogen (secondary N) is 2. The molecule has 0 aromatic heterocycles. The van der Waals surface area contributed by atoms with Crippen molar-refractivity contribution in [3.8, 4) is 0 Å². The molecule has 0 unspecified atom stereocenters. The van der Waals surface area contributed by atoms with Gasteiger partial charge in [0.2, 0.25) is 0 Å². The largest absolute Gasteiger partial charge is 0.381 e. The summed E-state index contributed by atoms with van der Waals surface area (Å²) in [6.45, 7) is 13.4. The molecule has 0 atom stereocenters. The van der Waals surface area contributed by atoms with Gasteiger partial charge in [-0.3, -0.25) is 4.99 Å². The molecule has 0 aliphatic carbocycles. The second kappa shape index (κ2) is 13.2. The number of guanidine groups is 1. The zero-order valence-corrected chi connectivity index (χ0v) is 22.4. The first-order valence-corrected chi connectivity index (χ1v) is 12.0. The SMILES string of the molecule is CCNC(=NCC1(c2ccccc2Cl)CCOCC1)NC1CCN(CC(C)C)CC1.I. The van der Waals surface area contributed by atoms with Gasteiger partial charge in [0.1, 0.15) is 0 Å². The van der Waals surface area contributed by atoms with Crippen LogP contribution >= 0.6 is 35.6 Å². The van der Waals surface area contributed by atoms with Gasteiger partial charge in [-0.05, 0) is 50.2 Å². The fraction of sp³-hybridized carbons (Fsp3) is 0.708. The molecule has 0 spiro atoms. The number of rotatable bonds is 7. The molecular formula is C24H40ClIN4O. The van der Waals surface area contributed by atoms with Crippen LogP contribution in [0.25, 0.3) is 0 Å². The molecule has 176 valence electrons. The number of likely N-dealkylation sites (tertiary alicyclic amines) is 1. The Kier molecular flexibility index (Phi) is 11.4. The van der Waals surface area contributed by atoms with Crippen LogP contribution in [-0.2, 0) is 10.2 Å². The van der Waals surface area contributed by atoms with Crippen molar-refractivity contribution >= 4 is 41.5 Å². The lowest BCUT2D eigenvalue weighted by molar-refractivity contribution is 0.0531. The van der Waals surface area contributed by atoms with Crippen molar-refractivity contribution in [2.24, 2.45) is 10.9 Å². The Hall–Kier alpha value is -0.570. The zero-order valence-electron chi connectivity index (χ0n) is 19.3. The summed E-state index contributed by atoms with van der Waals surface area (Å²) in [5, 5.41) is 8.00. The first-order valence-electron chi connectivity index (χ1n) is 11.6. The van der Waals surface area contributed by atoms with E-state index in [4.69, 9.17) is 21.3 Å². The molecule has 2 heterocycles. The molecule has 2 fully saturated rings. The van der Waals surface area contributed by atoms with Crippen molar-refractivity contribution in [1.82, 2.24) is 15.5 Å². The highest BCUT2D eigenvalue weighted by atomic mass is 127. The highest BCUT2D eigenvalue weighted by Crippen LogP contribution is 2.38. The predicted octanol–water partition coefficient (Wildman–Crippen LogP) is 4.68. The number of hydrogen-bond donors (Lipinski definition) is 2. The van der Waals surface area contributed by atoms with Crippen LogP contribution in [0.2, 0.25) is 5.02 Å². The van der Waals surface area contributed by atoms with E-state index < -0.39 is 0 Å². The summed E-state index contributed by atoms with van der Waals surface area (Å²) < 4.78 is 5.67. The van der Waals surface area contributed by atoms with Gasteiger partial charge < -0.3 is 20.3 Å². The monoisotopic (exact) mass is 562 g/mol. The van der Waals surface area contributed by atoms with Gasteiger partial charge >= 0.3 is 0 Å². The van der Waals surface area contributed by atoms with Gasteiger partial charge in [0.15, 0.2) is 5.96 Å². The van der Waals surface area contributed by atoms with Gasteiger partial charge in [0.05, 0.1) is 6.54 Å². The Bertz CT molecular complexity index is 686. The molecule has 2 N–H and O–H groups in total. The van der Waals surface area contributed by atoms with Crippen LogP contribution in [-0.4, -0.2) is 62.8 Å². The average molecular weight is 563 g/mol.